The monoisotopic (exact) mass is 366 g/mol. The second-order valence-electron chi connectivity index (χ2n) is 6.64. The molecular formula is C20H40F2O3. The molecule has 0 aliphatic rings. The molecule has 0 aliphatic heterocycles. The molecule has 0 bridgehead atoms. The maximum Gasteiger partial charge on any atom is 0.191 e. The van der Waals surface area contributed by atoms with E-state index in [2.05, 4.69) is 13.8 Å². The summed E-state index contributed by atoms with van der Waals surface area (Å²) < 4.78 is 45.6. The molecule has 0 aromatic heterocycles. The molecule has 0 rings (SSSR count). The molecule has 0 fully saturated rings. The highest BCUT2D eigenvalue weighted by Gasteiger charge is 2.30. The summed E-state index contributed by atoms with van der Waals surface area (Å²) in [5, 5.41) is 0. The van der Waals surface area contributed by atoms with Gasteiger partial charge in [0.25, 0.3) is 0 Å². The highest BCUT2D eigenvalue weighted by atomic mass is 19.1. The molecule has 0 radical (unpaired) electrons. The molecule has 0 spiro atoms. The van der Waals surface area contributed by atoms with Crippen molar-refractivity contribution in [2.75, 3.05) is 13.2 Å². The fourth-order valence-electron chi connectivity index (χ4n) is 2.52. The highest BCUT2D eigenvalue weighted by Crippen LogP contribution is 2.20. The van der Waals surface area contributed by atoms with Gasteiger partial charge in [-0.3, -0.25) is 0 Å². The number of rotatable bonds is 18. The molecule has 0 N–H and O–H groups in total. The Labute approximate surface area is 153 Å². The highest BCUT2D eigenvalue weighted by molar-refractivity contribution is 4.67. The standard InChI is InChI=1S/C20H40F2O3/c1-5-9-11-15-23-19(17(21)13-7-3)25-20(18(22)14-8-4)24-16-12-10-6-2/h17-20H,5-16H2,1-4H3. The molecular weight excluding hydrogens is 326 g/mol. The minimum absolute atomic E-state index is 0.339. The van der Waals surface area contributed by atoms with E-state index in [1.807, 2.05) is 13.8 Å². The summed E-state index contributed by atoms with van der Waals surface area (Å²) in [5.41, 5.74) is 0. The van der Waals surface area contributed by atoms with Crippen LogP contribution in [0.1, 0.15) is 91.9 Å². The Morgan fingerprint density at radius 1 is 0.600 bits per heavy atom. The Hall–Kier alpha value is -0.260. The van der Waals surface area contributed by atoms with E-state index in [0.717, 1.165) is 38.5 Å². The lowest BCUT2D eigenvalue weighted by atomic mass is 10.2. The van der Waals surface area contributed by atoms with E-state index in [4.69, 9.17) is 14.2 Å². The van der Waals surface area contributed by atoms with Crippen molar-refractivity contribution < 1.29 is 23.0 Å². The zero-order valence-electron chi connectivity index (χ0n) is 16.8. The van der Waals surface area contributed by atoms with Gasteiger partial charge in [-0.15, -0.1) is 0 Å². The van der Waals surface area contributed by atoms with Gasteiger partial charge in [-0.1, -0.05) is 66.2 Å². The fraction of sp³-hybridized carbons (Fsp3) is 1.00. The van der Waals surface area contributed by atoms with Crippen LogP contribution in [-0.4, -0.2) is 38.1 Å². The lowest BCUT2D eigenvalue weighted by molar-refractivity contribution is -0.281. The van der Waals surface area contributed by atoms with E-state index in [0.29, 0.717) is 38.9 Å². The number of hydrogen-bond donors (Lipinski definition) is 0. The largest absolute Gasteiger partial charge is 0.350 e. The van der Waals surface area contributed by atoms with Crippen LogP contribution in [0.4, 0.5) is 8.78 Å². The van der Waals surface area contributed by atoms with Crippen molar-refractivity contribution in [3.8, 4) is 0 Å². The van der Waals surface area contributed by atoms with Crippen molar-refractivity contribution in [1.82, 2.24) is 0 Å². The molecule has 0 aliphatic carbocycles. The van der Waals surface area contributed by atoms with Crippen LogP contribution in [0.2, 0.25) is 0 Å². The van der Waals surface area contributed by atoms with Crippen LogP contribution in [0, 0.1) is 0 Å². The van der Waals surface area contributed by atoms with Crippen molar-refractivity contribution in [3.63, 3.8) is 0 Å². The summed E-state index contributed by atoms with van der Waals surface area (Å²) in [4.78, 5) is 0. The third-order valence-corrected chi connectivity index (χ3v) is 4.05. The number of ether oxygens (including phenoxy) is 3. The molecule has 3 nitrogen and oxygen atoms in total. The summed E-state index contributed by atoms with van der Waals surface area (Å²) in [6.45, 7) is 8.87. The Bertz CT molecular complexity index is 254. The zero-order valence-corrected chi connectivity index (χ0v) is 16.8. The topological polar surface area (TPSA) is 27.7 Å². The Kier molecular flexibility index (Phi) is 17.0. The molecule has 0 saturated heterocycles. The van der Waals surface area contributed by atoms with Crippen LogP contribution in [0.15, 0.2) is 0 Å². The first-order chi connectivity index (χ1) is 12.1. The summed E-state index contributed by atoms with van der Waals surface area (Å²) in [7, 11) is 0. The third kappa shape index (κ3) is 12.7. The molecule has 0 saturated carbocycles. The Morgan fingerprint density at radius 3 is 1.32 bits per heavy atom. The maximum absolute atomic E-state index is 14.4. The molecule has 25 heavy (non-hydrogen) atoms. The van der Waals surface area contributed by atoms with Crippen molar-refractivity contribution >= 4 is 0 Å². The first kappa shape index (κ1) is 24.7. The van der Waals surface area contributed by atoms with E-state index in [9.17, 15) is 8.78 Å². The van der Waals surface area contributed by atoms with Gasteiger partial charge in [0.1, 0.15) is 0 Å². The van der Waals surface area contributed by atoms with Crippen molar-refractivity contribution in [2.45, 2.75) is 117 Å². The lowest BCUT2D eigenvalue weighted by Crippen LogP contribution is -2.39. The molecule has 0 amide bonds. The second kappa shape index (κ2) is 17.2. The summed E-state index contributed by atoms with van der Waals surface area (Å²) >= 11 is 0. The number of hydrogen-bond acceptors (Lipinski definition) is 3. The molecule has 0 aromatic rings. The van der Waals surface area contributed by atoms with E-state index in [1.54, 1.807) is 0 Å². The van der Waals surface area contributed by atoms with Gasteiger partial charge in [-0.05, 0) is 25.7 Å². The minimum Gasteiger partial charge on any atom is -0.350 e. The van der Waals surface area contributed by atoms with Gasteiger partial charge in [0.05, 0.1) is 0 Å². The van der Waals surface area contributed by atoms with Gasteiger partial charge in [0.2, 0.25) is 0 Å². The summed E-state index contributed by atoms with van der Waals surface area (Å²) in [5.74, 6) is 0. The first-order valence-electron chi connectivity index (χ1n) is 10.3. The van der Waals surface area contributed by atoms with Gasteiger partial charge in [0.15, 0.2) is 24.9 Å². The van der Waals surface area contributed by atoms with Crippen molar-refractivity contribution in [2.24, 2.45) is 0 Å². The van der Waals surface area contributed by atoms with Crippen LogP contribution in [0.3, 0.4) is 0 Å². The van der Waals surface area contributed by atoms with Crippen molar-refractivity contribution in [1.29, 1.82) is 0 Å². The van der Waals surface area contributed by atoms with Crippen LogP contribution in [-0.2, 0) is 14.2 Å². The molecule has 5 heteroatoms. The van der Waals surface area contributed by atoms with E-state index in [1.165, 1.54) is 0 Å². The first-order valence-corrected chi connectivity index (χ1v) is 10.3. The van der Waals surface area contributed by atoms with E-state index >= 15 is 0 Å². The van der Waals surface area contributed by atoms with Gasteiger partial charge in [-0.2, -0.15) is 0 Å². The van der Waals surface area contributed by atoms with Gasteiger partial charge in [0, 0.05) is 13.2 Å². The predicted octanol–water partition coefficient (Wildman–Crippen LogP) is 6.35. The van der Waals surface area contributed by atoms with Crippen molar-refractivity contribution in [3.05, 3.63) is 0 Å². The number of halogens is 2. The lowest BCUT2D eigenvalue weighted by Gasteiger charge is -2.29. The fourth-order valence-corrected chi connectivity index (χ4v) is 2.52. The molecule has 0 aromatic carbocycles. The second-order valence-corrected chi connectivity index (χ2v) is 6.64. The summed E-state index contributed by atoms with van der Waals surface area (Å²) in [6.07, 6.45) is 3.31. The Balaban J connectivity index is 4.69. The third-order valence-electron chi connectivity index (χ3n) is 4.05. The van der Waals surface area contributed by atoms with Gasteiger partial charge in [-0.25, -0.2) is 8.78 Å². The minimum atomic E-state index is -1.26. The average molecular weight is 367 g/mol. The quantitative estimate of drug-likeness (QED) is 0.209. The van der Waals surface area contributed by atoms with Crippen LogP contribution >= 0.6 is 0 Å². The van der Waals surface area contributed by atoms with E-state index in [-0.39, 0.29) is 0 Å². The van der Waals surface area contributed by atoms with Crippen LogP contribution < -0.4 is 0 Å². The van der Waals surface area contributed by atoms with Crippen LogP contribution in [0.25, 0.3) is 0 Å². The van der Waals surface area contributed by atoms with Gasteiger partial charge >= 0.3 is 0 Å². The van der Waals surface area contributed by atoms with Gasteiger partial charge < -0.3 is 14.2 Å². The smallest absolute Gasteiger partial charge is 0.191 e. The molecule has 0 heterocycles. The molecule has 152 valence electrons. The number of alkyl halides is 2. The maximum atomic E-state index is 14.4. The average Bonchev–Trinajstić information content (AvgIpc) is 2.59. The summed E-state index contributed by atoms with van der Waals surface area (Å²) in [6, 6.07) is 0. The predicted molar refractivity (Wildman–Crippen MR) is 99.2 cm³/mol. The SMILES string of the molecule is CCCCCOC(OC(OCCCCC)C(F)CCC)C(F)CCC. The van der Waals surface area contributed by atoms with Crippen LogP contribution in [0.5, 0.6) is 0 Å². The molecule has 4 unspecified atom stereocenters. The zero-order chi connectivity index (χ0) is 18.9. The normalized spacial score (nSPS) is 16.6. The molecule has 4 atom stereocenters. The van der Waals surface area contributed by atoms with E-state index < -0.39 is 24.9 Å². The number of unbranched alkanes of at least 4 members (excludes halogenated alkanes) is 4. The Morgan fingerprint density at radius 2 is 1.00 bits per heavy atom.